The first-order chi connectivity index (χ1) is 15.3. The smallest absolute Gasteiger partial charge is 0.167 e. The van der Waals surface area contributed by atoms with Crippen LogP contribution in [0.25, 0.3) is 0 Å². The van der Waals surface area contributed by atoms with Crippen LogP contribution in [-0.4, -0.2) is 44.2 Å². The van der Waals surface area contributed by atoms with Gasteiger partial charge in [0.05, 0.1) is 22.7 Å². The third-order valence-electron chi connectivity index (χ3n) is 6.33. The molecule has 0 spiro atoms. The van der Waals surface area contributed by atoms with E-state index in [1.807, 2.05) is 0 Å². The molecule has 0 aromatic heterocycles. The Labute approximate surface area is 199 Å². The Morgan fingerprint density at radius 2 is 1.58 bits per heavy atom. The summed E-state index contributed by atoms with van der Waals surface area (Å²) in [5, 5.41) is 0. The number of Topliss-reactive ketones (excluding diaryl/α,β-unsaturated/α-hetero) is 1. The van der Waals surface area contributed by atoms with Gasteiger partial charge in [-0.3, -0.25) is 4.79 Å². The highest BCUT2D eigenvalue weighted by atomic mass is 32.2. The molecule has 6 heteroatoms. The highest BCUT2D eigenvalue weighted by molar-refractivity contribution is 7.91. The van der Waals surface area contributed by atoms with Gasteiger partial charge in [0.15, 0.2) is 15.6 Å². The fraction of sp³-hybridized carbons (Fsp3) is 0.519. The molecule has 2 aromatic carbocycles. The molecule has 33 heavy (non-hydrogen) atoms. The number of carbonyl (C=O) groups is 1. The number of aryl methyl sites for hydroxylation is 2. The van der Waals surface area contributed by atoms with Crippen molar-refractivity contribution in [2.75, 3.05) is 18.0 Å². The highest BCUT2D eigenvalue weighted by Gasteiger charge is 2.29. The van der Waals surface area contributed by atoms with Crippen molar-refractivity contribution >= 4 is 21.3 Å². The molecule has 1 saturated heterocycles. The summed E-state index contributed by atoms with van der Waals surface area (Å²) in [6.45, 7) is 15.2. The second-order valence-electron chi connectivity index (χ2n) is 10.4. The molecule has 0 aliphatic carbocycles. The molecule has 1 aliphatic rings. The van der Waals surface area contributed by atoms with Gasteiger partial charge in [-0.2, -0.15) is 0 Å². The standard InChI is InChI=1S/C27H37NO4S/c1-18-13-25(28-15-20(3)32-21(4)16-28)19(2)12-24(18)14-26(29)23-10-8-22(9-11-23)17-33(30,31)27(5,6)7/h8-13,20-21H,14-17H2,1-7H3/t20-,21+. The summed E-state index contributed by atoms with van der Waals surface area (Å²) >= 11 is 0. The van der Waals surface area contributed by atoms with Gasteiger partial charge in [-0.05, 0) is 76.8 Å². The van der Waals surface area contributed by atoms with Crippen molar-refractivity contribution in [3.8, 4) is 0 Å². The Morgan fingerprint density at radius 3 is 2.12 bits per heavy atom. The number of ketones is 1. The van der Waals surface area contributed by atoms with Crippen LogP contribution in [0, 0.1) is 13.8 Å². The number of nitrogens with zero attached hydrogens (tertiary/aromatic N) is 1. The van der Waals surface area contributed by atoms with E-state index < -0.39 is 14.6 Å². The fourth-order valence-electron chi connectivity index (χ4n) is 4.26. The van der Waals surface area contributed by atoms with Gasteiger partial charge in [-0.25, -0.2) is 8.42 Å². The minimum atomic E-state index is -3.26. The maximum Gasteiger partial charge on any atom is 0.167 e. The lowest BCUT2D eigenvalue weighted by atomic mass is 9.96. The zero-order valence-corrected chi connectivity index (χ0v) is 21.8. The number of hydrogen-bond acceptors (Lipinski definition) is 5. The van der Waals surface area contributed by atoms with Crippen LogP contribution >= 0.6 is 0 Å². The van der Waals surface area contributed by atoms with E-state index in [-0.39, 0.29) is 23.7 Å². The van der Waals surface area contributed by atoms with Crippen molar-refractivity contribution in [2.24, 2.45) is 0 Å². The van der Waals surface area contributed by atoms with Crippen molar-refractivity contribution in [3.63, 3.8) is 0 Å². The average molecular weight is 472 g/mol. The van der Waals surface area contributed by atoms with Crippen LogP contribution < -0.4 is 4.90 Å². The monoisotopic (exact) mass is 471 g/mol. The van der Waals surface area contributed by atoms with E-state index in [0.717, 1.165) is 29.8 Å². The average Bonchev–Trinajstić information content (AvgIpc) is 2.69. The predicted molar refractivity (Wildman–Crippen MR) is 135 cm³/mol. The van der Waals surface area contributed by atoms with Gasteiger partial charge in [-0.15, -0.1) is 0 Å². The number of anilines is 1. The van der Waals surface area contributed by atoms with Crippen LogP contribution in [0.1, 0.15) is 67.2 Å². The number of ether oxygens (including phenoxy) is 1. The van der Waals surface area contributed by atoms with Crippen molar-refractivity contribution in [3.05, 3.63) is 64.2 Å². The Morgan fingerprint density at radius 1 is 1.00 bits per heavy atom. The van der Waals surface area contributed by atoms with Crippen LogP contribution in [0.3, 0.4) is 0 Å². The lowest BCUT2D eigenvalue weighted by Crippen LogP contribution is -2.45. The Bertz CT molecular complexity index is 1100. The van der Waals surface area contributed by atoms with Crippen LogP contribution in [0.5, 0.6) is 0 Å². The number of morpholine rings is 1. The summed E-state index contributed by atoms with van der Waals surface area (Å²) in [5.41, 5.74) is 5.79. The topological polar surface area (TPSA) is 63.7 Å². The largest absolute Gasteiger partial charge is 0.372 e. The minimum Gasteiger partial charge on any atom is -0.372 e. The van der Waals surface area contributed by atoms with Crippen molar-refractivity contribution < 1.29 is 17.9 Å². The first kappa shape index (κ1) is 25.4. The summed E-state index contributed by atoms with van der Waals surface area (Å²) in [4.78, 5) is 15.3. The minimum absolute atomic E-state index is 0.0243. The molecule has 0 saturated carbocycles. The lowest BCUT2D eigenvalue weighted by molar-refractivity contribution is -0.00525. The normalized spacial score (nSPS) is 19.5. The van der Waals surface area contributed by atoms with E-state index in [1.165, 1.54) is 5.69 Å². The molecule has 0 N–H and O–H groups in total. The number of sulfone groups is 1. The summed E-state index contributed by atoms with van der Waals surface area (Å²) in [7, 11) is -3.26. The summed E-state index contributed by atoms with van der Waals surface area (Å²) in [5.74, 6) is 0.00727. The third-order valence-corrected chi connectivity index (χ3v) is 8.91. The van der Waals surface area contributed by atoms with Crippen molar-refractivity contribution in [2.45, 2.75) is 77.6 Å². The zero-order chi connectivity index (χ0) is 24.6. The van der Waals surface area contributed by atoms with E-state index in [1.54, 1.807) is 45.0 Å². The number of hydrogen-bond donors (Lipinski definition) is 0. The Kier molecular flexibility index (Phi) is 7.39. The summed E-state index contributed by atoms with van der Waals surface area (Å²) in [6.07, 6.45) is 0.704. The molecule has 1 aliphatic heterocycles. The van der Waals surface area contributed by atoms with E-state index in [9.17, 15) is 13.2 Å². The van der Waals surface area contributed by atoms with E-state index in [4.69, 9.17) is 4.74 Å². The van der Waals surface area contributed by atoms with Crippen LogP contribution in [0.2, 0.25) is 0 Å². The van der Waals surface area contributed by atoms with Crippen LogP contribution in [-0.2, 0) is 26.7 Å². The molecule has 2 atom stereocenters. The quantitative estimate of drug-likeness (QED) is 0.551. The maximum atomic E-state index is 13.0. The molecule has 2 aromatic rings. The van der Waals surface area contributed by atoms with Gasteiger partial charge in [-0.1, -0.05) is 30.3 Å². The van der Waals surface area contributed by atoms with Gasteiger partial charge < -0.3 is 9.64 Å². The number of rotatable bonds is 6. The van der Waals surface area contributed by atoms with E-state index in [0.29, 0.717) is 17.5 Å². The van der Waals surface area contributed by atoms with Gasteiger partial charge >= 0.3 is 0 Å². The highest BCUT2D eigenvalue weighted by Crippen LogP contribution is 2.28. The van der Waals surface area contributed by atoms with Crippen LogP contribution in [0.15, 0.2) is 36.4 Å². The molecule has 3 rings (SSSR count). The number of carbonyl (C=O) groups excluding carboxylic acids is 1. The van der Waals surface area contributed by atoms with Gasteiger partial charge in [0, 0.05) is 30.8 Å². The Balaban J connectivity index is 1.73. The molecule has 0 bridgehead atoms. The molecule has 5 nitrogen and oxygen atoms in total. The maximum absolute atomic E-state index is 13.0. The van der Waals surface area contributed by atoms with Gasteiger partial charge in [0.25, 0.3) is 0 Å². The van der Waals surface area contributed by atoms with E-state index >= 15 is 0 Å². The molecule has 0 unspecified atom stereocenters. The van der Waals surface area contributed by atoms with Gasteiger partial charge in [0.2, 0.25) is 0 Å². The van der Waals surface area contributed by atoms with Gasteiger partial charge in [0.1, 0.15) is 0 Å². The fourth-order valence-corrected chi connectivity index (χ4v) is 5.33. The summed E-state index contributed by atoms with van der Waals surface area (Å²) < 4.78 is 30.0. The Hall–Kier alpha value is -2.18. The third kappa shape index (κ3) is 6.04. The van der Waals surface area contributed by atoms with Crippen molar-refractivity contribution in [1.29, 1.82) is 0 Å². The number of benzene rings is 2. The van der Waals surface area contributed by atoms with E-state index in [2.05, 4.69) is 44.7 Å². The molecular weight excluding hydrogens is 434 g/mol. The molecule has 1 heterocycles. The molecular formula is C27H37NO4S. The predicted octanol–water partition coefficient (Wildman–Crippen LogP) is 5.06. The van der Waals surface area contributed by atoms with Crippen molar-refractivity contribution in [1.82, 2.24) is 0 Å². The molecule has 0 radical (unpaired) electrons. The molecule has 180 valence electrons. The SMILES string of the molecule is Cc1cc(N2C[C@@H](C)O[C@@H](C)C2)c(C)cc1CC(=O)c1ccc(CS(=O)(=O)C(C)(C)C)cc1. The summed E-state index contributed by atoms with van der Waals surface area (Å²) in [6, 6.07) is 11.3. The first-order valence-electron chi connectivity index (χ1n) is 11.6. The second-order valence-corrected chi connectivity index (χ2v) is 13.1. The lowest BCUT2D eigenvalue weighted by Gasteiger charge is -2.38. The second kappa shape index (κ2) is 9.59. The molecule has 1 fully saturated rings. The van der Waals surface area contributed by atoms with Crippen LogP contribution in [0.4, 0.5) is 5.69 Å². The molecule has 0 amide bonds. The first-order valence-corrected chi connectivity index (χ1v) is 13.3. The zero-order valence-electron chi connectivity index (χ0n) is 20.9.